The number of benzene rings is 2. The van der Waals surface area contributed by atoms with Gasteiger partial charge in [0.25, 0.3) is 0 Å². The molecule has 4 nitrogen and oxygen atoms in total. The summed E-state index contributed by atoms with van der Waals surface area (Å²) in [6.07, 6.45) is 1.15. The number of esters is 1. The second-order valence-electron chi connectivity index (χ2n) is 6.77. The lowest BCUT2D eigenvalue weighted by molar-refractivity contribution is -0.158. The molecule has 0 bridgehead atoms. The van der Waals surface area contributed by atoms with Crippen LogP contribution < -0.4 is 4.74 Å². The van der Waals surface area contributed by atoms with Gasteiger partial charge in [0.15, 0.2) is 5.78 Å². The van der Waals surface area contributed by atoms with Crippen molar-refractivity contribution in [3.8, 4) is 5.75 Å². The molecule has 1 saturated carbocycles. The van der Waals surface area contributed by atoms with E-state index < -0.39 is 5.60 Å². The molecule has 0 radical (unpaired) electrons. The SMILES string of the molecule is Cc1ccc(C(=O)c2ccc(OC3(C(=O)OC(C)C)CC3)cc2)cc1. The lowest BCUT2D eigenvalue weighted by atomic mass is 10.0. The molecule has 3 rings (SSSR count). The smallest absolute Gasteiger partial charge is 0.350 e. The molecule has 0 spiro atoms. The second-order valence-corrected chi connectivity index (χ2v) is 6.77. The van der Waals surface area contributed by atoms with Crippen LogP contribution in [-0.4, -0.2) is 23.5 Å². The van der Waals surface area contributed by atoms with Crippen LogP contribution in [0.5, 0.6) is 5.75 Å². The summed E-state index contributed by atoms with van der Waals surface area (Å²) in [5.41, 5.74) is 1.50. The maximum atomic E-state index is 12.5. The van der Waals surface area contributed by atoms with Gasteiger partial charge >= 0.3 is 5.97 Å². The van der Waals surface area contributed by atoms with Gasteiger partial charge in [0.1, 0.15) is 5.75 Å². The molecule has 2 aromatic rings. The van der Waals surface area contributed by atoms with E-state index in [9.17, 15) is 9.59 Å². The van der Waals surface area contributed by atoms with Crippen molar-refractivity contribution in [2.45, 2.75) is 45.3 Å². The normalized spacial score (nSPS) is 14.9. The van der Waals surface area contributed by atoms with Gasteiger partial charge in [-0.3, -0.25) is 4.79 Å². The Morgan fingerprint density at radius 1 is 0.920 bits per heavy atom. The van der Waals surface area contributed by atoms with Gasteiger partial charge in [-0.2, -0.15) is 0 Å². The van der Waals surface area contributed by atoms with Crippen LogP contribution in [0.2, 0.25) is 0 Å². The molecule has 0 saturated heterocycles. The van der Waals surface area contributed by atoms with E-state index in [0.29, 0.717) is 29.7 Å². The number of hydrogen-bond acceptors (Lipinski definition) is 4. The summed E-state index contributed by atoms with van der Waals surface area (Å²) in [6, 6.07) is 14.4. The zero-order valence-electron chi connectivity index (χ0n) is 14.7. The lowest BCUT2D eigenvalue weighted by Gasteiger charge is -2.18. The molecule has 1 fully saturated rings. The Kier molecular flexibility index (Phi) is 4.62. The van der Waals surface area contributed by atoms with Crippen molar-refractivity contribution in [1.82, 2.24) is 0 Å². The maximum Gasteiger partial charge on any atom is 0.350 e. The Balaban J connectivity index is 1.69. The molecule has 1 aliphatic carbocycles. The van der Waals surface area contributed by atoms with Crippen molar-refractivity contribution < 1.29 is 19.1 Å². The number of carbonyl (C=O) groups is 2. The van der Waals surface area contributed by atoms with Gasteiger partial charge in [-0.1, -0.05) is 29.8 Å². The molecular weight excluding hydrogens is 316 g/mol. The summed E-state index contributed by atoms with van der Waals surface area (Å²) in [4.78, 5) is 24.6. The first-order valence-electron chi connectivity index (χ1n) is 8.51. The fourth-order valence-electron chi connectivity index (χ4n) is 2.55. The zero-order valence-corrected chi connectivity index (χ0v) is 14.7. The zero-order chi connectivity index (χ0) is 18.0. The molecule has 0 heterocycles. The summed E-state index contributed by atoms with van der Waals surface area (Å²) in [5, 5.41) is 0. The van der Waals surface area contributed by atoms with Crippen molar-refractivity contribution in [3.05, 3.63) is 65.2 Å². The molecule has 130 valence electrons. The molecular formula is C21H22O4. The molecule has 0 N–H and O–H groups in total. The fraction of sp³-hybridized carbons (Fsp3) is 0.333. The Bertz CT molecular complexity index is 769. The highest BCUT2D eigenvalue weighted by Crippen LogP contribution is 2.41. The van der Waals surface area contributed by atoms with Crippen LogP contribution in [0.3, 0.4) is 0 Å². The highest BCUT2D eigenvalue weighted by molar-refractivity contribution is 6.09. The third-order valence-corrected chi connectivity index (χ3v) is 4.16. The van der Waals surface area contributed by atoms with Crippen LogP contribution in [0.4, 0.5) is 0 Å². The van der Waals surface area contributed by atoms with Crippen molar-refractivity contribution in [2.75, 3.05) is 0 Å². The number of carbonyl (C=O) groups excluding carboxylic acids is 2. The Morgan fingerprint density at radius 2 is 1.44 bits per heavy atom. The fourth-order valence-corrected chi connectivity index (χ4v) is 2.55. The molecule has 0 unspecified atom stereocenters. The molecule has 4 heteroatoms. The Hall–Kier alpha value is -2.62. The van der Waals surface area contributed by atoms with Crippen LogP contribution >= 0.6 is 0 Å². The first-order chi connectivity index (χ1) is 11.9. The predicted octanol–water partition coefficient (Wildman–Crippen LogP) is 4.09. The van der Waals surface area contributed by atoms with E-state index >= 15 is 0 Å². The van der Waals surface area contributed by atoms with Crippen LogP contribution in [0, 0.1) is 6.92 Å². The molecule has 1 aliphatic rings. The monoisotopic (exact) mass is 338 g/mol. The number of ether oxygens (including phenoxy) is 2. The minimum absolute atomic E-state index is 0.0353. The molecule has 0 aromatic heterocycles. The first-order valence-corrected chi connectivity index (χ1v) is 8.51. The van der Waals surface area contributed by atoms with E-state index in [2.05, 4.69) is 0 Å². The number of aryl methyl sites for hydroxylation is 1. The maximum absolute atomic E-state index is 12.5. The average Bonchev–Trinajstić information content (AvgIpc) is 3.36. The molecule has 0 amide bonds. The van der Waals surface area contributed by atoms with E-state index in [1.54, 1.807) is 24.3 Å². The quantitative estimate of drug-likeness (QED) is 0.588. The van der Waals surface area contributed by atoms with Crippen molar-refractivity contribution in [2.24, 2.45) is 0 Å². The van der Waals surface area contributed by atoms with Gasteiger partial charge in [0.05, 0.1) is 6.10 Å². The molecule has 25 heavy (non-hydrogen) atoms. The van der Waals surface area contributed by atoms with E-state index in [1.165, 1.54) is 0 Å². The second kappa shape index (κ2) is 6.71. The van der Waals surface area contributed by atoms with E-state index in [0.717, 1.165) is 5.56 Å². The molecule has 0 aliphatic heterocycles. The number of rotatable bonds is 6. The van der Waals surface area contributed by atoms with Crippen LogP contribution in [0.1, 0.15) is 48.2 Å². The summed E-state index contributed by atoms with van der Waals surface area (Å²) in [6.45, 7) is 5.62. The first kappa shape index (κ1) is 17.2. The molecule has 0 atom stereocenters. The highest BCUT2D eigenvalue weighted by Gasteiger charge is 2.54. The third-order valence-electron chi connectivity index (χ3n) is 4.16. The lowest BCUT2D eigenvalue weighted by Crippen LogP contribution is -2.33. The highest BCUT2D eigenvalue weighted by atomic mass is 16.6. The number of ketones is 1. The predicted molar refractivity (Wildman–Crippen MR) is 94.9 cm³/mol. The van der Waals surface area contributed by atoms with Gasteiger partial charge in [-0.05, 0) is 45.0 Å². The van der Waals surface area contributed by atoms with Crippen molar-refractivity contribution in [1.29, 1.82) is 0 Å². The minimum Gasteiger partial charge on any atom is -0.476 e. The largest absolute Gasteiger partial charge is 0.476 e. The van der Waals surface area contributed by atoms with Gasteiger partial charge in [-0.25, -0.2) is 4.79 Å². The van der Waals surface area contributed by atoms with Crippen molar-refractivity contribution in [3.63, 3.8) is 0 Å². The van der Waals surface area contributed by atoms with Crippen LogP contribution in [0.15, 0.2) is 48.5 Å². The number of hydrogen-bond donors (Lipinski definition) is 0. The van der Waals surface area contributed by atoms with Crippen molar-refractivity contribution >= 4 is 11.8 Å². The van der Waals surface area contributed by atoms with Gasteiger partial charge < -0.3 is 9.47 Å². The van der Waals surface area contributed by atoms with Gasteiger partial charge in [0, 0.05) is 24.0 Å². The van der Waals surface area contributed by atoms with Crippen LogP contribution in [0.25, 0.3) is 0 Å². The summed E-state index contributed by atoms with van der Waals surface area (Å²) >= 11 is 0. The summed E-state index contributed by atoms with van der Waals surface area (Å²) in [5.74, 6) is 0.216. The Morgan fingerprint density at radius 3 is 1.92 bits per heavy atom. The van der Waals surface area contributed by atoms with Gasteiger partial charge in [0.2, 0.25) is 5.60 Å². The van der Waals surface area contributed by atoms with Gasteiger partial charge in [-0.15, -0.1) is 0 Å². The summed E-state index contributed by atoms with van der Waals surface area (Å²) in [7, 11) is 0. The summed E-state index contributed by atoms with van der Waals surface area (Å²) < 4.78 is 11.1. The average molecular weight is 338 g/mol. The Labute approximate surface area is 147 Å². The molecule has 2 aromatic carbocycles. The topological polar surface area (TPSA) is 52.6 Å². The van der Waals surface area contributed by atoms with E-state index in [4.69, 9.17) is 9.47 Å². The van der Waals surface area contributed by atoms with E-state index in [1.807, 2.05) is 45.0 Å². The van der Waals surface area contributed by atoms with E-state index in [-0.39, 0.29) is 17.9 Å². The van der Waals surface area contributed by atoms with Crippen LogP contribution in [-0.2, 0) is 9.53 Å². The standard InChI is InChI=1S/C21H22O4/c1-14(2)24-20(23)21(12-13-21)25-18-10-8-17(9-11-18)19(22)16-6-4-15(3)5-7-16/h4-11,14H,12-13H2,1-3H3. The third kappa shape index (κ3) is 3.90. The minimum atomic E-state index is -0.854.